The summed E-state index contributed by atoms with van der Waals surface area (Å²) in [5.41, 5.74) is 0.422. The van der Waals surface area contributed by atoms with Gasteiger partial charge in [-0.1, -0.05) is 5.06 Å². The Morgan fingerprint density at radius 1 is 1.11 bits per heavy atom. The molecule has 2 amide bonds. The lowest BCUT2D eigenvalue weighted by Gasteiger charge is -2.12. The normalized spacial score (nSPS) is 14.4. The third kappa shape index (κ3) is 2.95. The largest absolute Gasteiger partial charge is 0.539 e. The Hall–Kier alpha value is -2.70. The van der Waals surface area contributed by atoms with E-state index < -0.39 is 18.0 Å². The van der Waals surface area contributed by atoms with Gasteiger partial charge in [-0.05, 0) is 24.3 Å². The van der Waals surface area contributed by atoms with Crippen molar-refractivity contribution in [3.05, 3.63) is 29.8 Å². The van der Waals surface area contributed by atoms with Crippen LogP contribution in [0.15, 0.2) is 24.3 Å². The second kappa shape index (κ2) is 5.30. The van der Waals surface area contributed by atoms with Crippen LogP contribution >= 0.6 is 0 Å². The van der Waals surface area contributed by atoms with E-state index in [0.29, 0.717) is 16.9 Å². The van der Waals surface area contributed by atoms with E-state index in [1.165, 1.54) is 24.3 Å². The van der Waals surface area contributed by atoms with Gasteiger partial charge in [0.1, 0.15) is 12.0 Å². The average Bonchev–Trinajstić information content (AvgIpc) is 2.71. The van der Waals surface area contributed by atoms with Crippen molar-refractivity contribution >= 4 is 24.3 Å². The Labute approximate surface area is 107 Å². The van der Waals surface area contributed by atoms with E-state index in [2.05, 4.69) is 4.84 Å². The van der Waals surface area contributed by atoms with Crippen LogP contribution in [0.25, 0.3) is 0 Å². The number of hydrogen-bond acceptors (Lipinski definition) is 6. The van der Waals surface area contributed by atoms with Crippen LogP contribution in [-0.4, -0.2) is 29.3 Å². The lowest BCUT2D eigenvalue weighted by atomic mass is 10.2. The summed E-state index contributed by atoms with van der Waals surface area (Å²) in [7, 11) is 0. The van der Waals surface area contributed by atoms with Gasteiger partial charge in [-0.25, -0.2) is 4.79 Å². The highest BCUT2D eigenvalue weighted by Crippen LogP contribution is 2.15. The molecule has 7 heteroatoms. The molecule has 1 heterocycles. The minimum Gasteiger partial charge on any atom is -0.393 e. The Balaban J connectivity index is 1.95. The number of imide groups is 1. The van der Waals surface area contributed by atoms with Crippen molar-refractivity contribution in [3.8, 4) is 5.75 Å². The van der Waals surface area contributed by atoms with Gasteiger partial charge < -0.3 is 4.74 Å². The molecule has 98 valence electrons. The van der Waals surface area contributed by atoms with Gasteiger partial charge >= 0.3 is 6.16 Å². The van der Waals surface area contributed by atoms with Crippen LogP contribution < -0.4 is 4.74 Å². The first-order valence-electron chi connectivity index (χ1n) is 5.41. The molecular formula is C12H9NO6. The van der Waals surface area contributed by atoms with Gasteiger partial charge in [0, 0.05) is 18.4 Å². The molecule has 1 aliphatic rings. The lowest BCUT2D eigenvalue weighted by molar-refractivity contribution is -0.174. The Kier molecular flexibility index (Phi) is 3.56. The zero-order valence-corrected chi connectivity index (χ0v) is 9.70. The predicted molar refractivity (Wildman–Crippen MR) is 60.0 cm³/mol. The summed E-state index contributed by atoms with van der Waals surface area (Å²) in [6.07, 6.45) is -0.522. The van der Waals surface area contributed by atoms with Crippen molar-refractivity contribution in [1.82, 2.24) is 5.06 Å². The van der Waals surface area contributed by atoms with Gasteiger partial charge in [-0.15, -0.1) is 0 Å². The molecule has 0 unspecified atom stereocenters. The molecule has 0 N–H and O–H groups in total. The predicted octanol–water partition coefficient (Wildman–Crippen LogP) is 1.08. The molecular weight excluding hydrogens is 254 g/mol. The van der Waals surface area contributed by atoms with Crippen LogP contribution in [0.4, 0.5) is 4.79 Å². The summed E-state index contributed by atoms with van der Waals surface area (Å²) < 4.78 is 4.75. The van der Waals surface area contributed by atoms with Crippen molar-refractivity contribution in [2.75, 3.05) is 0 Å². The molecule has 1 fully saturated rings. The number of carbonyl (C=O) groups excluding carboxylic acids is 4. The monoisotopic (exact) mass is 263 g/mol. The summed E-state index contributed by atoms with van der Waals surface area (Å²) in [6, 6.07) is 5.67. The first-order valence-corrected chi connectivity index (χ1v) is 5.41. The number of amides is 2. The maximum absolute atomic E-state index is 11.4. The van der Waals surface area contributed by atoms with Crippen LogP contribution in [0, 0.1) is 0 Å². The highest BCUT2D eigenvalue weighted by molar-refractivity contribution is 6.01. The molecule has 1 saturated heterocycles. The molecule has 1 aromatic carbocycles. The maximum atomic E-state index is 11.4. The Morgan fingerprint density at radius 3 is 2.21 bits per heavy atom. The summed E-state index contributed by atoms with van der Waals surface area (Å²) in [6.45, 7) is 0. The van der Waals surface area contributed by atoms with Gasteiger partial charge in [0.2, 0.25) is 0 Å². The standard InChI is InChI=1S/C12H9NO6/c14-7-8-1-3-9(4-2-8)18-12(17)19-13-10(15)5-6-11(13)16/h1-4,7H,5-6H2. The first-order chi connectivity index (χ1) is 9.10. The van der Waals surface area contributed by atoms with Crippen molar-refractivity contribution in [2.24, 2.45) is 0 Å². The number of benzene rings is 1. The number of rotatable bonds is 3. The molecule has 0 spiro atoms. The van der Waals surface area contributed by atoms with Crippen LogP contribution in [0.1, 0.15) is 23.2 Å². The Bertz CT molecular complexity index is 520. The minimum absolute atomic E-state index is 0.0140. The highest BCUT2D eigenvalue weighted by atomic mass is 16.8. The quantitative estimate of drug-likeness (QED) is 0.351. The third-order valence-electron chi connectivity index (χ3n) is 2.39. The molecule has 2 rings (SSSR count). The fraction of sp³-hybridized carbons (Fsp3) is 0.167. The summed E-state index contributed by atoms with van der Waals surface area (Å²) in [5, 5.41) is 0.391. The minimum atomic E-state index is -1.19. The SMILES string of the molecule is O=Cc1ccc(OC(=O)ON2C(=O)CCC2=O)cc1. The summed E-state index contributed by atoms with van der Waals surface area (Å²) >= 11 is 0. The number of hydrogen-bond donors (Lipinski definition) is 0. The molecule has 0 aliphatic carbocycles. The third-order valence-corrected chi connectivity index (χ3v) is 2.39. The molecule has 0 radical (unpaired) electrons. The van der Waals surface area contributed by atoms with E-state index in [1.54, 1.807) is 0 Å². The van der Waals surface area contributed by atoms with Crippen LogP contribution in [0.2, 0.25) is 0 Å². The average molecular weight is 263 g/mol. The molecule has 7 nitrogen and oxygen atoms in total. The fourth-order valence-corrected chi connectivity index (χ4v) is 1.46. The van der Waals surface area contributed by atoms with Crippen molar-refractivity contribution < 1.29 is 28.8 Å². The van der Waals surface area contributed by atoms with E-state index in [0.717, 1.165) is 0 Å². The molecule has 0 atom stereocenters. The first kappa shape index (κ1) is 12.7. The number of hydroxylamine groups is 2. The zero-order chi connectivity index (χ0) is 13.8. The molecule has 0 aromatic heterocycles. The van der Waals surface area contributed by atoms with Gasteiger partial charge in [0.15, 0.2) is 0 Å². The maximum Gasteiger partial charge on any atom is 0.539 e. The lowest BCUT2D eigenvalue weighted by Crippen LogP contribution is -2.33. The second-order valence-corrected chi connectivity index (χ2v) is 3.71. The van der Waals surface area contributed by atoms with Gasteiger partial charge in [-0.2, -0.15) is 0 Å². The number of ether oxygens (including phenoxy) is 1. The van der Waals surface area contributed by atoms with Gasteiger partial charge in [0.25, 0.3) is 11.8 Å². The molecule has 1 aliphatic heterocycles. The van der Waals surface area contributed by atoms with E-state index in [1.807, 2.05) is 0 Å². The van der Waals surface area contributed by atoms with Crippen LogP contribution in [-0.2, 0) is 14.4 Å². The second-order valence-electron chi connectivity index (χ2n) is 3.71. The van der Waals surface area contributed by atoms with E-state index in [-0.39, 0.29) is 18.6 Å². The van der Waals surface area contributed by atoms with Crippen molar-refractivity contribution in [3.63, 3.8) is 0 Å². The smallest absolute Gasteiger partial charge is 0.393 e. The van der Waals surface area contributed by atoms with Crippen LogP contribution in [0.5, 0.6) is 5.75 Å². The summed E-state index contributed by atoms with van der Waals surface area (Å²) in [5.74, 6) is -1.04. The molecule has 0 saturated carbocycles. The highest BCUT2D eigenvalue weighted by Gasteiger charge is 2.33. The summed E-state index contributed by atoms with van der Waals surface area (Å²) in [4.78, 5) is 48.7. The molecule has 19 heavy (non-hydrogen) atoms. The van der Waals surface area contributed by atoms with Gasteiger partial charge in [-0.3, -0.25) is 19.2 Å². The van der Waals surface area contributed by atoms with E-state index in [9.17, 15) is 19.2 Å². The fourth-order valence-electron chi connectivity index (χ4n) is 1.46. The van der Waals surface area contributed by atoms with Crippen molar-refractivity contribution in [2.45, 2.75) is 12.8 Å². The molecule has 1 aromatic rings. The van der Waals surface area contributed by atoms with Crippen molar-refractivity contribution in [1.29, 1.82) is 0 Å². The number of aldehydes is 1. The number of nitrogens with zero attached hydrogens (tertiary/aromatic N) is 1. The van der Waals surface area contributed by atoms with E-state index in [4.69, 9.17) is 4.74 Å². The molecule has 0 bridgehead atoms. The Morgan fingerprint density at radius 2 is 1.68 bits per heavy atom. The zero-order valence-electron chi connectivity index (χ0n) is 9.70. The topological polar surface area (TPSA) is 90.0 Å². The number of carbonyl (C=O) groups is 4. The van der Waals surface area contributed by atoms with Gasteiger partial charge in [0.05, 0.1) is 0 Å². The van der Waals surface area contributed by atoms with E-state index >= 15 is 0 Å². The van der Waals surface area contributed by atoms with Crippen LogP contribution in [0.3, 0.4) is 0 Å².